The quantitative estimate of drug-likeness (QED) is 0.240. The van der Waals surface area contributed by atoms with E-state index in [0.29, 0.717) is 16.9 Å². The second-order valence-corrected chi connectivity index (χ2v) is 10.9. The molecule has 2 aromatic rings. The van der Waals surface area contributed by atoms with E-state index in [1.807, 2.05) is 6.92 Å². The average molecular weight is 487 g/mol. The molecule has 2 aliphatic carbocycles. The number of allylic oxidation sites excluding steroid dienone is 1. The third-order valence-corrected chi connectivity index (χ3v) is 8.56. The molecule has 4 atom stereocenters. The van der Waals surface area contributed by atoms with Gasteiger partial charge in [0.1, 0.15) is 6.61 Å². The number of hydrogen-bond donors (Lipinski definition) is 0. The minimum absolute atomic E-state index is 0.00873. The van der Waals surface area contributed by atoms with Gasteiger partial charge in [0.15, 0.2) is 23.2 Å². The van der Waals surface area contributed by atoms with Crippen molar-refractivity contribution in [2.75, 3.05) is 6.61 Å². The molecule has 2 aliphatic rings. The molecule has 0 bridgehead atoms. The molecular formula is C31H41F3O. The van der Waals surface area contributed by atoms with Gasteiger partial charge >= 0.3 is 0 Å². The van der Waals surface area contributed by atoms with E-state index in [-0.39, 0.29) is 23.7 Å². The molecule has 0 aliphatic heterocycles. The van der Waals surface area contributed by atoms with E-state index >= 15 is 8.78 Å². The van der Waals surface area contributed by atoms with Crippen LogP contribution in [0.2, 0.25) is 0 Å². The summed E-state index contributed by atoms with van der Waals surface area (Å²) in [7, 11) is 0. The van der Waals surface area contributed by atoms with E-state index in [1.54, 1.807) is 24.3 Å². The van der Waals surface area contributed by atoms with Crippen LogP contribution in [0.3, 0.4) is 0 Å². The van der Waals surface area contributed by atoms with E-state index in [1.165, 1.54) is 63.9 Å². The van der Waals surface area contributed by atoms with Crippen molar-refractivity contribution in [3.63, 3.8) is 0 Å². The smallest absolute Gasteiger partial charge is 0.175 e. The maximum Gasteiger partial charge on any atom is 0.175 e. The number of halogens is 3. The Balaban J connectivity index is 1.42. The number of hydrogen-bond acceptors (Lipinski definition) is 1. The maximum atomic E-state index is 15.3. The minimum Gasteiger partial charge on any atom is -0.486 e. The van der Waals surface area contributed by atoms with Crippen LogP contribution in [0.4, 0.5) is 13.2 Å². The summed E-state index contributed by atoms with van der Waals surface area (Å²) in [6.07, 6.45) is 18.3. The summed E-state index contributed by atoms with van der Waals surface area (Å²) in [5.74, 6) is -0.667. The topological polar surface area (TPSA) is 9.23 Å². The maximum absolute atomic E-state index is 15.3. The highest BCUT2D eigenvalue weighted by Crippen LogP contribution is 2.49. The van der Waals surface area contributed by atoms with Gasteiger partial charge < -0.3 is 4.74 Å². The fourth-order valence-electron chi connectivity index (χ4n) is 6.59. The largest absolute Gasteiger partial charge is 0.486 e. The molecular weight excluding hydrogens is 445 g/mol. The monoisotopic (exact) mass is 486 g/mol. The van der Waals surface area contributed by atoms with Crippen LogP contribution in [-0.4, -0.2) is 6.61 Å². The zero-order chi connectivity index (χ0) is 24.8. The van der Waals surface area contributed by atoms with Gasteiger partial charge in [0.2, 0.25) is 0 Å². The fourth-order valence-corrected chi connectivity index (χ4v) is 6.59. The molecule has 0 N–H and O–H groups in total. The molecule has 4 unspecified atom stereocenters. The third kappa shape index (κ3) is 6.06. The Kier molecular flexibility index (Phi) is 9.19. The summed E-state index contributed by atoms with van der Waals surface area (Å²) in [6, 6.07) is 4.84. The van der Waals surface area contributed by atoms with Crippen LogP contribution in [0.25, 0.3) is 10.8 Å². The van der Waals surface area contributed by atoms with E-state index in [0.717, 1.165) is 31.1 Å². The second-order valence-electron chi connectivity index (χ2n) is 10.9. The molecule has 2 saturated carbocycles. The van der Waals surface area contributed by atoms with Gasteiger partial charge in [-0.1, -0.05) is 70.1 Å². The van der Waals surface area contributed by atoms with Crippen molar-refractivity contribution in [2.24, 2.45) is 17.8 Å². The summed E-state index contributed by atoms with van der Waals surface area (Å²) in [4.78, 5) is 0. The molecule has 0 saturated heterocycles. The molecule has 4 rings (SSSR count). The van der Waals surface area contributed by atoms with Crippen molar-refractivity contribution in [2.45, 2.75) is 96.8 Å². The molecule has 0 heterocycles. The lowest BCUT2D eigenvalue weighted by molar-refractivity contribution is 0.112. The summed E-state index contributed by atoms with van der Waals surface area (Å²) in [6.45, 7) is 4.28. The van der Waals surface area contributed by atoms with Gasteiger partial charge in [-0.15, -0.1) is 0 Å². The molecule has 35 heavy (non-hydrogen) atoms. The highest BCUT2D eigenvalue weighted by atomic mass is 19.2. The highest BCUT2D eigenvalue weighted by molar-refractivity contribution is 5.86. The van der Waals surface area contributed by atoms with Crippen molar-refractivity contribution < 1.29 is 17.9 Å². The van der Waals surface area contributed by atoms with Crippen LogP contribution in [-0.2, 0) is 0 Å². The minimum atomic E-state index is -1.08. The van der Waals surface area contributed by atoms with Gasteiger partial charge in [-0.2, -0.15) is 0 Å². The van der Waals surface area contributed by atoms with E-state index in [4.69, 9.17) is 4.74 Å². The van der Waals surface area contributed by atoms with Crippen LogP contribution in [0.15, 0.2) is 30.4 Å². The van der Waals surface area contributed by atoms with Crippen molar-refractivity contribution in [3.05, 3.63) is 53.4 Å². The Morgan fingerprint density at radius 2 is 1.66 bits per heavy atom. The molecule has 0 spiro atoms. The zero-order valence-electron chi connectivity index (χ0n) is 21.4. The molecule has 1 nitrogen and oxygen atoms in total. The molecule has 192 valence electrons. The summed E-state index contributed by atoms with van der Waals surface area (Å²) in [5, 5.41) is 0.0982. The third-order valence-electron chi connectivity index (χ3n) is 8.56. The number of unbranched alkanes of at least 4 members (excludes halogenated alkanes) is 4. The second kappa shape index (κ2) is 12.3. The van der Waals surface area contributed by atoms with Crippen LogP contribution < -0.4 is 4.74 Å². The first-order chi connectivity index (χ1) is 17.0. The van der Waals surface area contributed by atoms with Gasteiger partial charge in [0.05, 0.1) is 5.39 Å². The Hall–Kier alpha value is -1.97. The Morgan fingerprint density at radius 3 is 2.46 bits per heavy atom. The number of rotatable bonds is 10. The predicted octanol–water partition coefficient (Wildman–Crippen LogP) is 9.87. The first-order valence-electron chi connectivity index (χ1n) is 13.9. The number of benzene rings is 2. The zero-order valence-corrected chi connectivity index (χ0v) is 21.4. The lowest BCUT2D eigenvalue weighted by Gasteiger charge is -2.42. The SMILES string of the molecule is CC=CCOc1ccc2cc(C3CCC4CC(CCCCCCC)CCC4C3)c(F)c(F)c2c1F. The van der Waals surface area contributed by atoms with Gasteiger partial charge in [-0.05, 0) is 85.8 Å². The Labute approximate surface area is 209 Å². The normalized spacial score (nSPS) is 24.7. The van der Waals surface area contributed by atoms with Crippen molar-refractivity contribution in [1.29, 1.82) is 0 Å². The lowest BCUT2D eigenvalue weighted by atomic mass is 9.63. The Morgan fingerprint density at radius 1 is 0.886 bits per heavy atom. The highest BCUT2D eigenvalue weighted by Gasteiger charge is 2.37. The van der Waals surface area contributed by atoms with Crippen LogP contribution in [0.5, 0.6) is 5.75 Å². The van der Waals surface area contributed by atoms with Crippen LogP contribution >= 0.6 is 0 Å². The van der Waals surface area contributed by atoms with E-state index in [9.17, 15) is 4.39 Å². The fraction of sp³-hybridized carbons (Fsp3) is 0.613. The van der Waals surface area contributed by atoms with Crippen molar-refractivity contribution in [3.8, 4) is 5.75 Å². The Bertz CT molecular complexity index is 1010. The van der Waals surface area contributed by atoms with Gasteiger partial charge in [-0.25, -0.2) is 13.2 Å². The molecule has 0 aromatic heterocycles. The summed E-state index contributed by atoms with van der Waals surface area (Å²) >= 11 is 0. The van der Waals surface area contributed by atoms with Crippen LogP contribution in [0.1, 0.15) is 102 Å². The molecule has 0 amide bonds. The van der Waals surface area contributed by atoms with Gasteiger partial charge in [0.25, 0.3) is 0 Å². The molecule has 0 radical (unpaired) electrons. The average Bonchev–Trinajstić information content (AvgIpc) is 2.87. The van der Waals surface area contributed by atoms with E-state index in [2.05, 4.69) is 6.92 Å². The summed E-state index contributed by atoms with van der Waals surface area (Å²) in [5.41, 5.74) is 0.425. The lowest BCUT2D eigenvalue weighted by Crippen LogP contribution is -2.30. The first kappa shape index (κ1) is 26.1. The molecule has 2 aromatic carbocycles. The van der Waals surface area contributed by atoms with Crippen molar-refractivity contribution >= 4 is 10.8 Å². The molecule has 2 fully saturated rings. The van der Waals surface area contributed by atoms with Crippen molar-refractivity contribution in [1.82, 2.24) is 0 Å². The number of ether oxygens (including phenoxy) is 1. The predicted molar refractivity (Wildman–Crippen MR) is 138 cm³/mol. The van der Waals surface area contributed by atoms with Gasteiger partial charge in [0, 0.05) is 0 Å². The van der Waals surface area contributed by atoms with Crippen LogP contribution in [0, 0.1) is 35.2 Å². The number of fused-ring (bicyclic) bond motifs is 2. The summed E-state index contributed by atoms with van der Waals surface area (Å²) < 4.78 is 50.7. The van der Waals surface area contributed by atoms with Gasteiger partial charge in [-0.3, -0.25) is 0 Å². The first-order valence-corrected chi connectivity index (χ1v) is 13.9. The van der Waals surface area contributed by atoms with E-state index < -0.39 is 17.5 Å². The standard InChI is InChI=1S/C31H41F3O/c1-3-5-7-8-9-10-21-11-12-23-19-24(14-13-22(23)18-21)26-20-25-15-16-27(35-17-6-4-2)30(33)28(25)31(34)29(26)32/h4,6,15-16,20-24H,3,5,7-14,17-19H2,1-2H3. The molecule has 4 heteroatoms.